The number of nitro benzene ring substituents is 1. The van der Waals surface area contributed by atoms with Crippen LogP contribution in [-0.4, -0.2) is 20.8 Å². The zero-order valence-electron chi connectivity index (χ0n) is 9.74. The van der Waals surface area contributed by atoms with E-state index < -0.39 is 4.92 Å². The van der Waals surface area contributed by atoms with Gasteiger partial charge in [0.15, 0.2) is 6.29 Å². The standard InChI is InChI=1S/C12H11N3O3/c1-9-10(3-2-4-12(9)15(17)18)5-14-6-11(7-16)13-8-14/h2-4,6-8H,5H2,1H3. The van der Waals surface area contributed by atoms with Gasteiger partial charge in [0, 0.05) is 24.4 Å². The Hall–Kier alpha value is -2.50. The third kappa shape index (κ3) is 2.27. The van der Waals surface area contributed by atoms with Crippen LogP contribution in [0.2, 0.25) is 0 Å². The zero-order valence-corrected chi connectivity index (χ0v) is 9.74. The Morgan fingerprint density at radius 3 is 2.89 bits per heavy atom. The second-order valence-electron chi connectivity index (χ2n) is 3.91. The average Bonchev–Trinajstić information content (AvgIpc) is 2.79. The van der Waals surface area contributed by atoms with E-state index in [-0.39, 0.29) is 5.69 Å². The van der Waals surface area contributed by atoms with Crippen molar-refractivity contribution in [3.63, 3.8) is 0 Å². The van der Waals surface area contributed by atoms with Gasteiger partial charge in [0.1, 0.15) is 5.69 Å². The highest BCUT2D eigenvalue weighted by Gasteiger charge is 2.13. The molecule has 0 unspecified atom stereocenters. The Morgan fingerprint density at radius 1 is 1.50 bits per heavy atom. The molecule has 0 radical (unpaired) electrons. The molecule has 0 aliphatic rings. The largest absolute Gasteiger partial charge is 0.332 e. The number of rotatable bonds is 4. The maximum atomic E-state index is 10.8. The minimum Gasteiger partial charge on any atom is -0.332 e. The molecule has 1 aromatic heterocycles. The highest BCUT2D eigenvalue weighted by atomic mass is 16.6. The van der Waals surface area contributed by atoms with Crippen molar-refractivity contribution in [3.8, 4) is 0 Å². The van der Waals surface area contributed by atoms with Crippen LogP contribution in [0.15, 0.2) is 30.7 Å². The molecule has 0 saturated heterocycles. The lowest BCUT2D eigenvalue weighted by Crippen LogP contribution is -2.01. The minimum absolute atomic E-state index is 0.100. The Morgan fingerprint density at radius 2 is 2.28 bits per heavy atom. The van der Waals surface area contributed by atoms with E-state index in [9.17, 15) is 14.9 Å². The van der Waals surface area contributed by atoms with Crippen LogP contribution in [0.1, 0.15) is 21.6 Å². The van der Waals surface area contributed by atoms with Gasteiger partial charge >= 0.3 is 0 Å². The van der Waals surface area contributed by atoms with E-state index in [0.29, 0.717) is 24.1 Å². The molecule has 0 bridgehead atoms. The third-order valence-corrected chi connectivity index (χ3v) is 2.74. The van der Waals surface area contributed by atoms with Gasteiger partial charge in [-0.15, -0.1) is 0 Å². The van der Waals surface area contributed by atoms with Crippen molar-refractivity contribution in [2.24, 2.45) is 0 Å². The molecule has 0 saturated carbocycles. The molecule has 0 spiro atoms. The molecule has 18 heavy (non-hydrogen) atoms. The van der Waals surface area contributed by atoms with Gasteiger partial charge in [-0.1, -0.05) is 12.1 Å². The first kappa shape index (κ1) is 12.0. The number of carbonyl (C=O) groups is 1. The first-order chi connectivity index (χ1) is 8.61. The van der Waals surface area contributed by atoms with Crippen LogP contribution in [0.25, 0.3) is 0 Å². The molecule has 0 atom stereocenters. The number of imidazole rings is 1. The molecular weight excluding hydrogens is 234 g/mol. The highest BCUT2D eigenvalue weighted by Crippen LogP contribution is 2.21. The Bertz CT molecular complexity index is 604. The quantitative estimate of drug-likeness (QED) is 0.468. The van der Waals surface area contributed by atoms with Crippen molar-refractivity contribution in [1.82, 2.24) is 9.55 Å². The van der Waals surface area contributed by atoms with E-state index in [1.165, 1.54) is 12.4 Å². The summed E-state index contributed by atoms with van der Waals surface area (Å²) < 4.78 is 1.72. The van der Waals surface area contributed by atoms with Crippen molar-refractivity contribution >= 4 is 12.0 Å². The number of aldehydes is 1. The summed E-state index contributed by atoms with van der Waals surface area (Å²) in [5.41, 5.74) is 1.91. The average molecular weight is 245 g/mol. The Labute approximate surface area is 103 Å². The fourth-order valence-corrected chi connectivity index (χ4v) is 1.76. The number of hydrogen-bond donors (Lipinski definition) is 0. The summed E-state index contributed by atoms with van der Waals surface area (Å²) in [7, 11) is 0. The highest BCUT2D eigenvalue weighted by molar-refractivity contribution is 5.70. The van der Waals surface area contributed by atoms with Crippen molar-refractivity contribution in [3.05, 3.63) is 57.7 Å². The maximum Gasteiger partial charge on any atom is 0.272 e. The molecule has 2 rings (SSSR count). The van der Waals surface area contributed by atoms with E-state index in [1.54, 1.807) is 23.8 Å². The van der Waals surface area contributed by atoms with Crippen molar-refractivity contribution in [1.29, 1.82) is 0 Å². The van der Waals surface area contributed by atoms with Gasteiger partial charge in [-0.25, -0.2) is 4.98 Å². The summed E-state index contributed by atoms with van der Waals surface area (Å²) in [6.45, 7) is 2.17. The summed E-state index contributed by atoms with van der Waals surface area (Å²) in [5.74, 6) is 0. The van der Waals surface area contributed by atoms with Crippen LogP contribution >= 0.6 is 0 Å². The van der Waals surface area contributed by atoms with Gasteiger partial charge in [-0.3, -0.25) is 14.9 Å². The lowest BCUT2D eigenvalue weighted by molar-refractivity contribution is -0.385. The summed E-state index contributed by atoms with van der Waals surface area (Å²) in [4.78, 5) is 24.8. The summed E-state index contributed by atoms with van der Waals surface area (Å²) >= 11 is 0. The van der Waals surface area contributed by atoms with E-state index in [2.05, 4.69) is 4.98 Å². The van der Waals surface area contributed by atoms with Crippen LogP contribution < -0.4 is 0 Å². The number of nitro groups is 1. The number of aromatic nitrogens is 2. The Balaban J connectivity index is 2.31. The van der Waals surface area contributed by atoms with Crippen molar-refractivity contribution in [2.45, 2.75) is 13.5 Å². The van der Waals surface area contributed by atoms with Crippen molar-refractivity contribution in [2.75, 3.05) is 0 Å². The monoisotopic (exact) mass is 245 g/mol. The van der Waals surface area contributed by atoms with Crippen LogP contribution in [0, 0.1) is 17.0 Å². The predicted octanol–water partition coefficient (Wildman–Crippen LogP) is 1.96. The smallest absolute Gasteiger partial charge is 0.272 e. The van der Waals surface area contributed by atoms with Crippen molar-refractivity contribution < 1.29 is 9.72 Å². The number of benzene rings is 1. The molecule has 1 aromatic carbocycles. The second kappa shape index (κ2) is 4.79. The van der Waals surface area contributed by atoms with Crippen LogP contribution in [0.4, 0.5) is 5.69 Å². The van der Waals surface area contributed by atoms with Gasteiger partial charge in [0.05, 0.1) is 11.3 Å². The van der Waals surface area contributed by atoms with Crippen LogP contribution in [0.5, 0.6) is 0 Å². The Kier molecular flexibility index (Phi) is 3.18. The molecule has 1 heterocycles. The lowest BCUT2D eigenvalue weighted by Gasteiger charge is -2.06. The van der Waals surface area contributed by atoms with E-state index >= 15 is 0 Å². The molecule has 6 nitrogen and oxygen atoms in total. The van der Waals surface area contributed by atoms with Crippen LogP contribution in [-0.2, 0) is 6.54 Å². The van der Waals surface area contributed by atoms with Crippen LogP contribution in [0.3, 0.4) is 0 Å². The molecule has 92 valence electrons. The maximum absolute atomic E-state index is 10.8. The van der Waals surface area contributed by atoms with E-state index in [4.69, 9.17) is 0 Å². The SMILES string of the molecule is Cc1c(Cn2cnc(C=O)c2)cccc1[N+](=O)[O-]. The topological polar surface area (TPSA) is 78.0 Å². The summed E-state index contributed by atoms with van der Waals surface area (Å²) in [6.07, 6.45) is 3.80. The molecular formula is C12H11N3O3. The number of hydrogen-bond acceptors (Lipinski definition) is 4. The van der Waals surface area contributed by atoms with Gasteiger partial charge in [0.25, 0.3) is 5.69 Å². The minimum atomic E-state index is -0.399. The molecule has 0 N–H and O–H groups in total. The predicted molar refractivity (Wildman–Crippen MR) is 64.5 cm³/mol. The first-order valence-corrected chi connectivity index (χ1v) is 5.31. The third-order valence-electron chi connectivity index (χ3n) is 2.74. The lowest BCUT2D eigenvalue weighted by atomic mass is 10.1. The number of carbonyl (C=O) groups excluding carboxylic acids is 1. The fraction of sp³-hybridized carbons (Fsp3) is 0.167. The molecule has 0 aliphatic heterocycles. The summed E-state index contributed by atoms with van der Waals surface area (Å²) in [5, 5.41) is 10.8. The summed E-state index contributed by atoms with van der Waals surface area (Å²) in [6, 6.07) is 4.95. The zero-order chi connectivity index (χ0) is 13.1. The van der Waals surface area contributed by atoms with Gasteiger partial charge in [-0.2, -0.15) is 0 Å². The molecule has 0 fully saturated rings. The number of nitrogens with zero attached hydrogens (tertiary/aromatic N) is 3. The van der Waals surface area contributed by atoms with Gasteiger partial charge in [-0.05, 0) is 12.5 Å². The molecule has 2 aromatic rings. The molecule has 6 heteroatoms. The molecule has 0 amide bonds. The fourth-order valence-electron chi connectivity index (χ4n) is 1.76. The normalized spacial score (nSPS) is 10.3. The van der Waals surface area contributed by atoms with E-state index in [0.717, 1.165) is 5.56 Å². The molecule has 0 aliphatic carbocycles. The van der Waals surface area contributed by atoms with Gasteiger partial charge in [0.2, 0.25) is 0 Å². The second-order valence-corrected chi connectivity index (χ2v) is 3.91. The van der Waals surface area contributed by atoms with Gasteiger partial charge < -0.3 is 4.57 Å². The van der Waals surface area contributed by atoms with E-state index in [1.807, 2.05) is 6.07 Å². The first-order valence-electron chi connectivity index (χ1n) is 5.31.